The van der Waals surface area contributed by atoms with Gasteiger partial charge in [-0.1, -0.05) is 32.9 Å². The summed E-state index contributed by atoms with van der Waals surface area (Å²) in [6.45, 7) is 5.55. The van der Waals surface area contributed by atoms with Crippen molar-refractivity contribution in [3.63, 3.8) is 0 Å². The molecule has 4 rings (SSSR count). The van der Waals surface area contributed by atoms with Crippen LogP contribution in [0.1, 0.15) is 46.1 Å². The Labute approximate surface area is 296 Å². The molecule has 2 saturated heterocycles. The van der Waals surface area contributed by atoms with Gasteiger partial charge in [0.1, 0.15) is 37.1 Å². The topological polar surface area (TPSA) is 244 Å². The van der Waals surface area contributed by atoms with Crippen molar-refractivity contribution in [2.75, 3.05) is 34.0 Å². The molecule has 2 aliphatic heterocycles. The molecule has 16 nitrogen and oxygen atoms in total. The van der Waals surface area contributed by atoms with Crippen molar-refractivity contribution in [2.24, 2.45) is 11.3 Å². The Morgan fingerprint density at radius 2 is 1.69 bits per heavy atom. The Bertz CT molecular complexity index is 1370. The second-order valence-corrected chi connectivity index (χ2v) is 14.2. The Morgan fingerprint density at radius 3 is 2.27 bits per heavy atom. The zero-order chi connectivity index (χ0) is 37.9. The molecule has 0 radical (unpaired) electrons. The smallest absolute Gasteiger partial charge is 0.330 e. The first-order chi connectivity index (χ1) is 23.9. The van der Waals surface area contributed by atoms with E-state index in [4.69, 9.17) is 33.2 Å². The minimum Gasteiger partial charge on any atom is -0.502 e. The fourth-order valence-electron chi connectivity index (χ4n) is 6.72. The predicted octanol–water partition coefficient (Wildman–Crippen LogP) is -0.252. The number of aliphatic hydroxyl groups excluding tert-OH is 5. The lowest BCUT2D eigenvalue weighted by molar-refractivity contribution is -0.325. The van der Waals surface area contributed by atoms with Crippen molar-refractivity contribution < 1.29 is 78.8 Å². The van der Waals surface area contributed by atoms with E-state index in [2.05, 4.69) is 0 Å². The number of phenolic OH excluding ortho intramolecular Hbond substituents is 1. The zero-order valence-electron chi connectivity index (χ0n) is 29.6. The minimum absolute atomic E-state index is 0.119. The summed E-state index contributed by atoms with van der Waals surface area (Å²) >= 11 is 0. The lowest BCUT2D eigenvalue weighted by Gasteiger charge is -2.52. The quantitative estimate of drug-likeness (QED) is 0.0742. The monoisotopic (exact) mass is 728 g/mol. The molecular weight excluding hydrogens is 676 g/mol. The highest BCUT2D eigenvalue weighted by Gasteiger charge is 2.54. The maximum absolute atomic E-state index is 12.4. The van der Waals surface area contributed by atoms with Gasteiger partial charge in [-0.3, -0.25) is 0 Å². The van der Waals surface area contributed by atoms with Crippen LogP contribution in [0.2, 0.25) is 0 Å². The van der Waals surface area contributed by atoms with Crippen molar-refractivity contribution in [1.82, 2.24) is 0 Å². The number of hydrogen-bond acceptors (Lipinski definition) is 16. The molecule has 12 atom stereocenters. The number of aromatic hydroxyl groups is 1. The third-order valence-corrected chi connectivity index (χ3v) is 9.92. The fraction of sp³-hybridized carbons (Fsp3) is 0.686. The number of carbonyl (C=O) groups is 1. The van der Waals surface area contributed by atoms with Gasteiger partial charge >= 0.3 is 5.97 Å². The molecule has 1 aromatic rings. The van der Waals surface area contributed by atoms with Gasteiger partial charge in [-0.2, -0.15) is 0 Å². The summed E-state index contributed by atoms with van der Waals surface area (Å²) < 4.78 is 38.2. The van der Waals surface area contributed by atoms with E-state index in [0.717, 1.165) is 6.08 Å². The number of esters is 1. The number of methoxy groups -OCH3 is 2. The number of carbonyl (C=O) groups excluding carboxylic acids is 1. The van der Waals surface area contributed by atoms with Crippen molar-refractivity contribution >= 4 is 12.0 Å². The van der Waals surface area contributed by atoms with Gasteiger partial charge in [0.05, 0.1) is 45.2 Å². The summed E-state index contributed by atoms with van der Waals surface area (Å²) in [5, 5.41) is 85.0. The van der Waals surface area contributed by atoms with E-state index in [1.807, 2.05) is 20.8 Å². The number of phenols is 1. The molecule has 0 aromatic heterocycles. The van der Waals surface area contributed by atoms with Gasteiger partial charge in [0.2, 0.25) is 5.75 Å². The lowest BCUT2D eigenvalue weighted by atomic mass is 9.59. The third-order valence-electron chi connectivity index (χ3n) is 9.92. The van der Waals surface area contributed by atoms with Gasteiger partial charge in [0.25, 0.3) is 0 Å². The largest absolute Gasteiger partial charge is 0.502 e. The summed E-state index contributed by atoms with van der Waals surface area (Å²) in [7, 11) is 2.71. The molecule has 2 heterocycles. The molecule has 51 heavy (non-hydrogen) atoms. The van der Waals surface area contributed by atoms with Crippen LogP contribution in [0.3, 0.4) is 0 Å². The van der Waals surface area contributed by atoms with Crippen LogP contribution in [0.15, 0.2) is 30.4 Å². The average molecular weight is 729 g/mol. The molecule has 1 unspecified atom stereocenters. The first kappa shape index (κ1) is 40.9. The van der Waals surface area contributed by atoms with E-state index < -0.39 is 97.7 Å². The summed E-state index contributed by atoms with van der Waals surface area (Å²) in [4.78, 5) is 12.4. The van der Waals surface area contributed by atoms with Gasteiger partial charge in [0, 0.05) is 6.08 Å². The second-order valence-electron chi connectivity index (χ2n) is 14.2. The van der Waals surface area contributed by atoms with Crippen LogP contribution >= 0.6 is 0 Å². The Kier molecular flexibility index (Phi) is 13.2. The summed E-state index contributed by atoms with van der Waals surface area (Å²) in [5.41, 5.74) is -3.58. The molecule has 1 aromatic carbocycles. The Morgan fingerprint density at radius 1 is 1.04 bits per heavy atom. The van der Waals surface area contributed by atoms with E-state index in [-0.39, 0.29) is 23.2 Å². The minimum atomic E-state index is -2.05. The molecular formula is C35H52O16. The Balaban J connectivity index is 1.31. The average Bonchev–Trinajstić information content (AvgIpc) is 3.36. The van der Waals surface area contributed by atoms with Gasteiger partial charge in [-0.25, -0.2) is 4.79 Å². The van der Waals surface area contributed by atoms with Crippen molar-refractivity contribution in [3.05, 3.63) is 35.9 Å². The van der Waals surface area contributed by atoms with Crippen LogP contribution in [0, 0.1) is 11.3 Å². The number of benzene rings is 1. The maximum Gasteiger partial charge on any atom is 0.330 e. The molecule has 1 saturated carbocycles. The van der Waals surface area contributed by atoms with Crippen LogP contribution < -0.4 is 9.47 Å². The third kappa shape index (κ3) is 9.03. The lowest BCUT2D eigenvalue weighted by Crippen LogP contribution is -2.61. The zero-order valence-corrected chi connectivity index (χ0v) is 29.6. The maximum atomic E-state index is 12.4. The summed E-state index contributed by atoms with van der Waals surface area (Å²) in [6.07, 6.45) is -5.67. The highest BCUT2D eigenvalue weighted by molar-refractivity contribution is 5.87. The van der Waals surface area contributed by atoms with Gasteiger partial charge < -0.3 is 74.0 Å². The van der Waals surface area contributed by atoms with Crippen LogP contribution in [0.25, 0.3) is 6.08 Å². The predicted molar refractivity (Wildman–Crippen MR) is 177 cm³/mol. The first-order valence-corrected chi connectivity index (χ1v) is 16.7. The molecule has 3 fully saturated rings. The molecule has 8 N–H and O–H groups in total. The van der Waals surface area contributed by atoms with Crippen molar-refractivity contribution in [2.45, 2.75) is 107 Å². The molecule has 16 heteroatoms. The van der Waals surface area contributed by atoms with Crippen molar-refractivity contribution in [1.29, 1.82) is 0 Å². The second kappa shape index (κ2) is 16.4. The molecule has 0 bridgehead atoms. The van der Waals surface area contributed by atoms with Crippen LogP contribution in [-0.2, 0) is 28.5 Å². The van der Waals surface area contributed by atoms with Gasteiger partial charge in [-0.15, -0.1) is 0 Å². The van der Waals surface area contributed by atoms with Crippen LogP contribution in [0.4, 0.5) is 0 Å². The van der Waals surface area contributed by atoms with E-state index in [1.54, 1.807) is 13.0 Å². The normalized spacial score (nSPS) is 37.5. The first-order valence-electron chi connectivity index (χ1n) is 16.7. The SMILES string of the molecule is COc1cc(/C=C/C(=O)OC[C@@]2(O)CO[C@@H](OC[C@H]3O[C@@H](O[C@H]4C[C@@H](C)[C@](O)(/C=C\C(C)O)C(C)(C)C4)[C@H](O)[C@@H](O)[C@@H]3O)[C@@H]2O)cc(OC)c1O. The van der Waals surface area contributed by atoms with E-state index >= 15 is 0 Å². The number of hydrogen-bond donors (Lipinski definition) is 8. The van der Waals surface area contributed by atoms with E-state index in [0.29, 0.717) is 18.4 Å². The summed E-state index contributed by atoms with van der Waals surface area (Å²) in [5.74, 6) is -1.15. The van der Waals surface area contributed by atoms with E-state index in [1.165, 1.54) is 38.5 Å². The Hall–Kier alpha value is -2.87. The molecule has 1 aliphatic carbocycles. The van der Waals surface area contributed by atoms with E-state index in [9.17, 15) is 45.6 Å². The highest BCUT2D eigenvalue weighted by atomic mass is 16.7. The summed E-state index contributed by atoms with van der Waals surface area (Å²) in [6, 6.07) is 2.92. The number of ether oxygens (including phenoxy) is 7. The molecule has 288 valence electrons. The molecule has 3 aliphatic rings. The van der Waals surface area contributed by atoms with Crippen molar-refractivity contribution in [3.8, 4) is 17.2 Å². The number of aliphatic hydroxyl groups is 7. The number of rotatable bonds is 13. The molecule has 0 spiro atoms. The van der Waals surface area contributed by atoms with Gasteiger partial charge in [0.15, 0.2) is 29.7 Å². The fourth-order valence-corrected chi connectivity index (χ4v) is 6.72. The van der Waals surface area contributed by atoms with Gasteiger partial charge in [-0.05, 0) is 54.9 Å². The van der Waals surface area contributed by atoms with Crippen LogP contribution in [-0.4, -0.2) is 147 Å². The molecule has 0 amide bonds. The highest BCUT2D eigenvalue weighted by Crippen LogP contribution is 2.49. The standard InChI is InChI=1S/C35H52O16/c1-18-11-21(14-33(3,4)35(18,44)10-9-19(2)36)50-31-29(41)28(40)27(39)24(51-31)15-47-32-30(42)34(43,17-49-32)16-48-25(37)8-7-20-12-22(45-5)26(38)23(13-20)46-6/h7-10,12-13,18-19,21,24,27-32,36,38-44H,11,14-17H2,1-6H3/b8-7+,10-9-/t18-,19?,21+,24-,27-,28+,29-,30+,31-,32-,34-,35-/m1/s1. The van der Waals surface area contributed by atoms with Crippen LogP contribution in [0.5, 0.6) is 17.2 Å².